The molecule has 108 valence electrons. The maximum atomic E-state index is 11.9. The van der Waals surface area contributed by atoms with Crippen molar-refractivity contribution in [2.75, 3.05) is 7.11 Å². The summed E-state index contributed by atoms with van der Waals surface area (Å²) in [4.78, 5) is 32.8. The van der Waals surface area contributed by atoms with Crippen LogP contribution >= 0.6 is 22.6 Å². The van der Waals surface area contributed by atoms with Gasteiger partial charge in [0.15, 0.2) is 12.0 Å². The number of methoxy groups -OCH3 is 1. The number of carbonyl (C=O) groups excluding carboxylic acids is 2. The minimum atomic E-state index is -0.726. The number of benzene rings is 1. The van der Waals surface area contributed by atoms with E-state index in [2.05, 4.69) is 4.74 Å². The second-order valence-electron chi connectivity index (χ2n) is 3.92. The molecule has 7 nitrogen and oxygen atoms in total. The Kier molecular flexibility index (Phi) is 4.36. The fraction of sp³-hybridized carbons (Fsp3) is 0.0769. The van der Waals surface area contributed by atoms with Gasteiger partial charge in [0.25, 0.3) is 5.69 Å². The number of non-ortho nitro benzene ring substituents is 1. The molecule has 0 unspecified atom stereocenters. The molecule has 0 fully saturated rings. The van der Waals surface area contributed by atoms with Crippen molar-refractivity contribution in [3.05, 3.63) is 49.3 Å². The first kappa shape index (κ1) is 15.2. The number of hydrogen-bond donors (Lipinski definition) is 0. The van der Waals surface area contributed by atoms with Gasteiger partial charge in [-0.2, -0.15) is 0 Å². The number of furan rings is 1. The molecule has 0 amide bonds. The molecule has 2 rings (SSSR count). The van der Waals surface area contributed by atoms with Crippen molar-refractivity contribution in [3.63, 3.8) is 0 Å². The van der Waals surface area contributed by atoms with Gasteiger partial charge in [0, 0.05) is 21.3 Å². The van der Waals surface area contributed by atoms with E-state index in [0.717, 1.165) is 6.07 Å². The SMILES string of the molecule is COC(=O)c1cc([N+](=O)[O-])cc(I)c1-c1ccc(C=O)o1. The molecule has 0 saturated heterocycles. The number of halogens is 1. The second kappa shape index (κ2) is 6.04. The van der Waals surface area contributed by atoms with E-state index in [1.165, 1.54) is 25.3 Å². The average Bonchev–Trinajstić information content (AvgIpc) is 2.93. The molecule has 8 heteroatoms. The molecule has 0 aliphatic heterocycles. The van der Waals surface area contributed by atoms with Crippen molar-refractivity contribution >= 4 is 40.5 Å². The number of nitro benzene ring substituents is 1. The van der Waals surface area contributed by atoms with Crippen LogP contribution in [-0.2, 0) is 4.74 Å². The summed E-state index contributed by atoms with van der Waals surface area (Å²) >= 11 is 1.86. The Morgan fingerprint density at radius 1 is 1.43 bits per heavy atom. The lowest BCUT2D eigenvalue weighted by Crippen LogP contribution is -2.06. The Labute approximate surface area is 132 Å². The summed E-state index contributed by atoms with van der Waals surface area (Å²) in [6.45, 7) is 0. The lowest BCUT2D eigenvalue weighted by Gasteiger charge is -2.08. The van der Waals surface area contributed by atoms with Crippen LogP contribution in [0.1, 0.15) is 20.9 Å². The highest BCUT2D eigenvalue weighted by atomic mass is 127. The Morgan fingerprint density at radius 2 is 2.14 bits per heavy atom. The predicted octanol–water partition coefficient (Wildman–Crippen LogP) is 3.06. The highest BCUT2D eigenvalue weighted by molar-refractivity contribution is 14.1. The molecule has 1 aromatic carbocycles. The van der Waals surface area contributed by atoms with Gasteiger partial charge in [0.05, 0.1) is 17.6 Å². The third-order valence-corrected chi connectivity index (χ3v) is 3.53. The number of nitro groups is 1. The summed E-state index contributed by atoms with van der Waals surface area (Å²) in [6, 6.07) is 5.39. The minimum Gasteiger partial charge on any atom is -0.465 e. The first-order valence-electron chi connectivity index (χ1n) is 5.59. The molecule has 1 heterocycles. The molecule has 0 atom stereocenters. The number of hydrogen-bond acceptors (Lipinski definition) is 6. The molecule has 0 N–H and O–H groups in total. The second-order valence-corrected chi connectivity index (χ2v) is 5.08. The Bertz CT molecular complexity index is 736. The van der Waals surface area contributed by atoms with Crippen molar-refractivity contribution in [1.82, 2.24) is 0 Å². The van der Waals surface area contributed by atoms with Crippen LogP contribution in [0.15, 0.2) is 28.7 Å². The zero-order chi connectivity index (χ0) is 15.6. The van der Waals surface area contributed by atoms with Crippen LogP contribution in [0.5, 0.6) is 0 Å². The maximum Gasteiger partial charge on any atom is 0.338 e. The number of nitrogens with zero attached hydrogens (tertiary/aromatic N) is 1. The molecule has 2 aromatic rings. The number of aldehydes is 1. The van der Waals surface area contributed by atoms with E-state index in [0.29, 0.717) is 15.4 Å². The largest absolute Gasteiger partial charge is 0.465 e. The quantitative estimate of drug-likeness (QED) is 0.257. The number of esters is 1. The van der Waals surface area contributed by atoms with Crippen LogP contribution in [0.25, 0.3) is 11.3 Å². The average molecular weight is 401 g/mol. The van der Waals surface area contributed by atoms with Gasteiger partial charge in [-0.15, -0.1) is 0 Å². The van der Waals surface area contributed by atoms with E-state index in [-0.39, 0.29) is 22.8 Å². The predicted molar refractivity (Wildman–Crippen MR) is 80.2 cm³/mol. The van der Waals surface area contributed by atoms with Gasteiger partial charge in [-0.05, 0) is 34.7 Å². The molecule has 1 aromatic heterocycles. The fourth-order valence-corrected chi connectivity index (χ4v) is 2.65. The standard InChI is InChI=1S/C13H8INO6/c1-20-13(17)9-4-7(15(18)19)5-10(14)12(9)11-3-2-8(6-16)21-11/h2-6H,1H3. The molecular weight excluding hydrogens is 393 g/mol. The van der Waals surface area contributed by atoms with Gasteiger partial charge in [-0.3, -0.25) is 14.9 Å². The van der Waals surface area contributed by atoms with Crippen LogP contribution in [0, 0.1) is 13.7 Å². The van der Waals surface area contributed by atoms with E-state index < -0.39 is 10.9 Å². The van der Waals surface area contributed by atoms with E-state index in [4.69, 9.17) is 4.42 Å². The molecule has 0 spiro atoms. The van der Waals surface area contributed by atoms with E-state index in [9.17, 15) is 19.7 Å². The van der Waals surface area contributed by atoms with E-state index in [1.54, 1.807) is 0 Å². The topological polar surface area (TPSA) is 99.6 Å². The molecule has 0 radical (unpaired) electrons. The summed E-state index contributed by atoms with van der Waals surface area (Å²) in [7, 11) is 1.18. The maximum absolute atomic E-state index is 11.9. The lowest BCUT2D eigenvalue weighted by molar-refractivity contribution is -0.385. The number of rotatable bonds is 4. The van der Waals surface area contributed by atoms with Gasteiger partial charge in [0.2, 0.25) is 0 Å². The minimum absolute atomic E-state index is 0.00268. The highest BCUT2D eigenvalue weighted by Gasteiger charge is 2.23. The van der Waals surface area contributed by atoms with Crippen LogP contribution in [0.2, 0.25) is 0 Å². The zero-order valence-electron chi connectivity index (χ0n) is 10.7. The van der Waals surface area contributed by atoms with E-state index in [1.807, 2.05) is 22.6 Å². The monoisotopic (exact) mass is 401 g/mol. The third kappa shape index (κ3) is 2.94. The summed E-state index contributed by atoms with van der Waals surface area (Å²) in [5, 5.41) is 10.9. The van der Waals surface area contributed by atoms with Crippen molar-refractivity contribution < 1.29 is 23.7 Å². The molecule has 21 heavy (non-hydrogen) atoms. The van der Waals surface area contributed by atoms with Gasteiger partial charge < -0.3 is 9.15 Å². The van der Waals surface area contributed by atoms with Crippen molar-refractivity contribution in [2.45, 2.75) is 0 Å². The van der Waals surface area contributed by atoms with Crippen molar-refractivity contribution in [3.8, 4) is 11.3 Å². The number of carbonyl (C=O) groups is 2. The van der Waals surface area contributed by atoms with Crippen molar-refractivity contribution in [2.24, 2.45) is 0 Å². The van der Waals surface area contributed by atoms with Crippen molar-refractivity contribution in [1.29, 1.82) is 0 Å². The normalized spacial score (nSPS) is 10.2. The molecule has 0 aliphatic carbocycles. The summed E-state index contributed by atoms with van der Waals surface area (Å²) < 4.78 is 10.4. The van der Waals surface area contributed by atoms with E-state index >= 15 is 0 Å². The molecule has 0 saturated carbocycles. The molecule has 0 bridgehead atoms. The zero-order valence-corrected chi connectivity index (χ0v) is 12.8. The fourth-order valence-electron chi connectivity index (χ4n) is 1.77. The summed E-state index contributed by atoms with van der Waals surface area (Å²) in [6.07, 6.45) is 0.527. The Balaban J connectivity index is 2.71. The number of ether oxygens (including phenoxy) is 1. The first-order chi connectivity index (χ1) is 9.97. The summed E-state index contributed by atoms with van der Waals surface area (Å²) in [5.74, 6) is -0.373. The highest BCUT2D eigenvalue weighted by Crippen LogP contribution is 2.34. The molecule has 0 aliphatic rings. The third-order valence-electron chi connectivity index (χ3n) is 2.68. The Hall–Kier alpha value is -2.23. The van der Waals surface area contributed by atoms with Crippen LogP contribution < -0.4 is 0 Å². The Morgan fingerprint density at radius 3 is 2.67 bits per heavy atom. The summed E-state index contributed by atoms with van der Waals surface area (Å²) in [5.41, 5.74) is 0.120. The van der Waals surface area contributed by atoms with Crippen LogP contribution in [-0.4, -0.2) is 24.3 Å². The smallest absolute Gasteiger partial charge is 0.338 e. The van der Waals surface area contributed by atoms with Crippen LogP contribution in [0.3, 0.4) is 0 Å². The van der Waals surface area contributed by atoms with Gasteiger partial charge >= 0.3 is 5.97 Å². The van der Waals surface area contributed by atoms with Gasteiger partial charge in [-0.25, -0.2) is 4.79 Å². The van der Waals surface area contributed by atoms with Crippen LogP contribution in [0.4, 0.5) is 5.69 Å². The van der Waals surface area contributed by atoms with Gasteiger partial charge in [-0.1, -0.05) is 0 Å². The lowest BCUT2D eigenvalue weighted by atomic mass is 10.0. The molecular formula is C13H8INO6. The van der Waals surface area contributed by atoms with Gasteiger partial charge in [0.1, 0.15) is 5.76 Å². The first-order valence-corrected chi connectivity index (χ1v) is 6.67.